The van der Waals surface area contributed by atoms with Crippen LogP contribution in [-0.2, 0) is 33.4 Å². The first-order valence-corrected chi connectivity index (χ1v) is 12.0. The highest BCUT2D eigenvalue weighted by molar-refractivity contribution is 7.90. The van der Waals surface area contributed by atoms with Crippen LogP contribution in [0.3, 0.4) is 0 Å². The summed E-state index contributed by atoms with van der Waals surface area (Å²) >= 11 is 0. The van der Waals surface area contributed by atoms with Gasteiger partial charge in [0.25, 0.3) is 0 Å². The highest BCUT2D eigenvalue weighted by atomic mass is 32.2. The summed E-state index contributed by atoms with van der Waals surface area (Å²) in [6.07, 6.45) is 2.24. The number of benzene rings is 3. The third-order valence-corrected chi connectivity index (χ3v) is 7.06. The number of para-hydroxylation sites is 2. The van der Waals surface area contributed by atoms with Gasteiger partial charge in [-0.15, -0.1) is 0 Å². The number of nitrogens with one attached hydrogen (secondary N) is 1. The predicted molar refractivity (Wildman–Crippen MR) is 124 cm³/mol. The molecule has 4 aromatic rings. The minimum atomic E-state index is -3.84. The van der Waals surface area contributed by atoms with Crippen LogP contribution in [0.5, 0.6) is 0 Å². The molecular weight excluding hydrogens is 427 g/mol. The Balaban J connectivity index is 1.66. The van der Waals surface area contributed by atoms with E-state index in [4.69, 9.17) is 0 Å². The van der Waals surface area contributed by atoms with E-state index in [0.717, 1.165) is 17.7 Å². The van der Waals surface area contributed by atoms with Crippen molar-refractivity contribution in [1.82, 2.24) is 4.57 Å². The Morgan fingerprint density at radius 1 is 0.938 bits per heavy atom. The topological polar surface area (TPSA) is 68.2 Å². The van der Waals surface area contributed by atoms with Crippen molar-refractivity contribution in [2.75, 3.05) is 5.32 Å². The summed E-state index contributed by atoms with van der Waals surface area (Å²) in [5, 5.41) is 3.42. The molecule has 32 heavy (non-hydrogen) atoms. The van der Waals surface area contributed by atoms with E-state index in [9.17, 15) is 17.6 Å². The maximum atomic E-state index is 14.1. The zero-order valence-electron chi connectivity index (χ0n) is 17.6. The van der Waals surface area contributed by atoms with Crippen LogP contribution in [0.1, 0.15) is 18.1 Å². The van der Waals surface area contributed by atoms with Gasteiger partial charge < -0.3 is 9.88 Å². The van der Waals surface area contributed by atoms with Crippen LogP contribution in [0.25, 0.3) is 10.9 Å². The summed E-state index contributed by atoms with van der Waals surface area (Å²) in [5.41, 5.74) is 2.49. The van der Waals surface area contributed by atoms with Gasteiger partial charge in [-0.05, 0) is 30.2 Å². The van der Waals surface area contributed by atoms with Gasteiger partial charge in [0.2, 0.25) is 5.91 Å². The lowest BCUT2D eigenvalue weighted by Gasteiger charge is -2.10. The Bertz CT molecular complexity index is 1390. The number of fused-ring (bicyclic) bond motifs is 1. The van der Waals surface area contributed by atoms with E-state index in [0.29, 0.717) is 10.9 Å². The van der Waals surface area contributed by atoms with Gasteiger partial charge in [-0.25, -0.2) is 12.8 Å². The van der Waals surface area contributed by atoms with Crippen LogP contribution in [0, 0.1) is 5.82 Å². The number of amides is 1. The lowest BCUT2D eigenvalue weighted by Crippen LogP contribution is -2.19. The number of aryl methyl sites for hydroxylation is 1. The first-order chi connectivity index (χ1) is 15.4. The van der Waals surface area contributed by atoms with E-state index in [1.807, 2.05) is 31.2 Å². The van der Waals surface area contributed by atoms with Gasteiger partial charge in [0, 0.05) is 28.4 Å². The monoisotopic (exact) mass is 450 g/mol. The summed E-state index contributed by atoms with van der Waals surface area (Å²) in [4.78, 5) is 12.8. The van der Waals surface area contributed by atoms with Crippen LogP contribution < -0.4 is 5.32 Å². The smallest absolute Gasteiger partial charge is 0.244 e. The minimum absolute atomic E-state index is 0.0478. The van der Waals surface area contributed by atoms with Crippen molar-refractivity contribution >= 4 is 32.3 Å². The molecule has 3 aromatic carbocycles. The summed E-state index contributed by atoms with van der Waals surface area (Å²) in [7, 11) is -3.84. The van der Waals surface area contributed by atoms with Gasteiger partial charge in [0.15, 0.2) is 9.84 Å². The van der Waals surface area contributed by atoms with Crippen LogP contribution in [0.15, 0.2) is 83.9 Å². The van der Waals surface area contributed by atoms with Crippen molar-refractivity contribution < 1.29 is 17.6 Å². The van der Waals surface area contributed by atoms with Gasteiger partial charge in [-0.3, -0.25) is 4.79 Å². The zero-order chi connectivity index (χ0) is 22.7. The summed E-state index contributed by atoms with van der Waals surface area (Å²) < 4.78 is 42.0. The van der Waals surface area contributed by atoms with E-state index >= 15 is 0 Å². The number of carbonyl (C=O) groups is 1. The molecule has 0 saturated heterocycles. The molecule has 164 valence electrons. The number of hydrogen-bond acceptors (Lipinski definition) is 3. The van der Waals surface area contributed by atoms with Crippen molar-refractivity contribution in [3.63, 3.8) is 0 Å². The molecule has 0 unspecified atom stereocenters. The highest BCUT2D eigenvalue weighted by Crippen LogP contribution is 2.28. The van der Waals surface area contributed by atoms with Gasteiger partial charge in [0.05, 0.1) is 10.6 Å². The van der Waals surface area contributed by atoms with Crippen LogP contribution in [-0.4, -0.2) is 18.9 Å². The molecule has 1 N–H and O–H groups in total. The van der Waals surface area contributed by atoms with Gasteiger partial charge in [0.1, 0.15) is 12.4 Å². The number of carbonyl (C=O) groups excluding carboxylic acids is 1. The first-order valence-electron chi connectivity index (χ1n) is 10.3. The molecule has 0 aliphatic rings. The molecular formula is C25H23FN2O3S. The maximum Gasteiger partial charge on any atom is 0.244 e. The van der Waals surface area contributed by atoms with E-state index in [1.54, 1.807) is 34.9 Å². The highest BCUT2D eigenvalue weighted by Gasteiger charge is 2.23. The molecule has 1 heterocycles. The fourth-order valence-electron chi connectivity index (χ4n) is 3.78. The Hall–Kier alpha value is -3.45. The fourth-order valence-corrected chi connectivity index (χ4v) is 5.38. The third-order valence-electron chi connectivity index (χ3n) is 5.38. The SMILES string of the molecule is CCc1ccccc1NC(=O)Cn1cc(S(=O)(=O)Cc2ccccc2F)c2ccccc21. The van der Waals surface area contributed by atoms with Gasteiger partial charge in [-0.1, -0.05) is 61.5 Å². The predicted octanol–water partition coefficient (Wildman–Crippen LogP) is 4.96. The number of sulfone groups is 1. The minimum Gasteiger partial charge on any atom is -0.337 e. The van der Waals surface area contributed by atoms with Crippen molar-refractivity contribution in [2.45, 2.75) is 30.5 Å². The molecule has 7 heteroatoms. The third kappa shape index (κ3) is 4.43. The molecule has 1 aromatic heterocycles. The average molecular weight is 451 g/mol. The second kappa shape index (κ2) is 8.96. The first kappa shape index (κ1) is 21.8. The largest absolute Gasteiger partial charge is 0.337 e. The Kier molecular flexibility index (Phi) is 6.10. The number of nitrogens with zero attached hydrogens (tertiary/aromatic N) is 1. The van der Waals surface area contributed by atoms with Crippen molar-refractivity contribution in [2.24, 2.45) is 0 Å². The van der Waals surface area contributed by atoms with Crippen LogP contribution >= 0.6 is 0 Å². The lowest BCUT2D eigenvalue weighted by atomic mass is 10.1. The van der Waals surface area contributed by atoms with Crippen molar-refractivity contribution in [3.05, 3.63) is 95.9 Å². The number of rotatable bonds is 7. The number of hydrogen-bond donors (Lipinski definition) is 1. The lowest BCUT2D eigenvalue weighted by molar-refractivity contribution is -0.116. The molecule has 0 atom stereocenters. The van der Waals surface area contributed by atoms with Gasteiger partial charge >= 0.3 is 0 Å². The summed E-state index contributed by atoms with van der Waals surface area (Å²) in [5.74, 6) is -1.28. The standard InChI is InChI=1S/C25H23FN2O3S/c1-2-18-9-4-7-13-22(18)27-25(29)16-28-15-24(20-11-5-8-14-23(20)28)32(30,31)17-19-10-3-6-12-21(19)26/h3-15H,2,16-17H2,1H3,(H,27,29). The number of aromatic nitrogens is 1. The molecule has 4 rings (SSSR count). The Labute approximate surface area is 186 Å². The second-order valence-electron chi connectivity index (χ2n) is 7.55. The van der Waals surface area contributed by atoms with Crippen LogP contribution in [0.2, 0.25) is 0 Å². The van der Waals surface area contributed by atoms with Gasteiger partial charge in [-0.2, -0.15) is 0 Å². The molecule has 0 saturated carbocycles. The molecule has 0 aliphatic heterocycles. The molecule has 0 fully saturated rings. The molecule has 1 amide bonds. The molecule has 0 aliphatic carbocycles. The van der Waals surface area contributed by atoms with E-state index in [1.165, 1.54) is 24.4 Å². The second-order valence-corrected chi connectivity index (χ2v) is 9.51. The normalized spacial score (nSPS) is 11.6. The zero-order valence-corrected chi connectivity index (χ0v) is 18.4. The average Bonchev–Trinajstić information content (AvgIpc) is 3.15. The molecule has 0 bridgehead atoms. The summed E-state index contributed by atoms with van der Waals surface area (Å²) in [6, 6.07) is 20.4. The molecule has 0 spiro atoms. The number of halogens is 1. The van der Waals surface area contributed by atoms with E-state index in [2.05, 4.69) is 5.32 Å². The fraction of sp³-hybridized carbons (Fsp3) is 0.160. The van der Waals surface area contributed by atoms with E-state index in [-0.39, 0.29) is 22.9 Å². The Morgan fingerprint density at radius 3 is 2.34 bits per heavy atom. The van der Waals surface area contributed by atoms with Crippen LogP contribution in [0.4, 0.5) is 10.1 Å². The van der Waals surface area contributed by atoms with Crippen molar-refractivity contribution in [3.8, 4) is 0 Å². The van der Waals surface area contributed by atoms with E-state index < -0.39 is 21.4 Å². The maximum absolute atomic E-state index is 14.1. The number of anilines is 1. The molecule has 5 nitrogen and oxygen atoms in total. The quantitative estimate of drug-likeness (QED) is 0.433. The van der Waals surface area contributed by atoms with Crippen molar-refractivity contribution in [1.29, 1.82) is 0 Å². The molecule has 0 radical (unpaired) electrons. The Morgan fingerprint density at radius 2 is 1.59 bits per heavy atom. The summed E-state index contributed by atoms with van der Waals surface area (Å²) in [6.45, 7) is 1.96.